The summed E-state index contributed by atoms with van der Waals surface area (Å²) in [6.07, 6.45) is 2.71. The third-order valence-electron chi connectivity index (χ3n) is 2.85. The van der Waals surface area contributed by atoms with E-state index < -0.39 is 0 Å². The lowest BCUT2D eigenvalue weighted by Gasteiger charge is -1.98. The van der Waals surface area contributed by atoms with Gasteiger partial charge in [0.2, 0.25) is 0 Å². The van der Waals surface area contributed by atoms with Crippen LogP contribution in [0, 0.1) is 13.8 Å². The summed E-state index contributed by atoms with van der Waals surface area (Å²) >= 11 is 1.42. The number of aldehydes is 1. The molecule has 3 nitrogen and oxygen atoms in total. The first-order valence-corrected chi connectivity index (χ1v) is 5.85. The fourth-order valence-corrected chi connectivity index (χ4v) is 2.65. The van der Waals surface area contributed by atoms with Crippen LogP contribution < -0.4 is 0 Å². The van der Waals surface area contributed by atoms with Gasteiger partial charge >= 0.3 is 0 Å². The molecule has 2 heterocycles. The molecule has 16 heavy (non-hydrogen) atoms. The van der Waals surface area contributed by atoms with Gasteiger partial charge in [0, 0.05) is 6.20 Å². The first kappa shape index (κ1) is 9.54. The Hall–Kier alpha value is -1.68. The molecule has 0 aliphatic rings. The molecule has 0 radical (unpaired) electrons. The van der Waals surface area contributed by atoms with Gasteiger partial charge in [0.1, 0.15) is 0 Å². The van der Waals surface area contributed by atoms with Crippen LogP contribution in [0.25, 0.3) is 16.0 Å². The highest BCUT2D eigenvalue weighted by Crippen LogP contribution is 2.25. The quantitative estimate of drug-likeness (QED) is 0.602. The van der Waals surface area contributed by atoms with E-state index in [9.17, 15) is 4.79 Å². The SMILES string of the molecule is Cc1cc2nc3sc(C=O)cn3c2cc1C. The van der Waals surface area contributed by atoms with Crippen molar-refractivity contribution in [3.63, 3.8) is 0 Å². The fraction of sp³-hybridized carbons (Fsp3) is 0.167. The van der Waals surface area contributed by atoms with E-state index in [1.165, 1.54) is 22.5 Å². The maximum atomic E-state index is 10.7. The van der Waals surface area contributed by atoms with Crippen molar-refractivity contribution in [3.8, 4) is 0 Å². The van der Waals surface area contributed by atoms with E-state index in [1.807, 2.05) is 10.6 Å². The van der Waals surface area contributed by atoms with Gasteiger partial charge in [0.05, 0.1) is 15.9 Å². The molecule has 0 saturated carbocycles. The van der Waals surface area contributed by atoms with Crippen LogP contribution in [0.1, 0.15) is 20.8 Å². The first-order chi connectivity index (χ1) is 7.69. The number of carbonyl (C=O) groups is 1. The summed E-state index contributed by atoms with van der Waals surface area (Å²) < 4.78 is 1.98. The number of aromatic nitrogens is 2. The lowest BCUT2D eigenvalue weighted by molar-refractivity contribution is 0.112. The lowest BCUT2D eigenvalue weighted by atomic mass is 10.1. The van der Waals surface area contributed by atoms with E-state index in [4.69, 9.17) is 0 Å². The summed E-state index contributed by atoms with van der Waals surface area (Å²) in [6.45, 7) is 4.17. The molecule has 2 aromatic heterocycles. The van der Waals surface area contributed by atoms with Gasteiger partial charge in [-0.05, 0) is 37.1 Å². The zero-order valence-electron chi connectivity index (χ0n) is 9.02. The van der Waals surface area contributed by atoms with E-state index in [0.29, 0.717) is 4.88 Å². The van der Waals surface area contributed by atoms with E-state index in [1.54, 1.807) is 0 Å². The number of hydrogen-bond acceptors (Lipinski definition) is 3. The summed E-state index contributed by atoms with van der Waals surface area (Å²) in [6, 6.07) is 4.21. The highest BCUT2D eigenvalue weighted by molar-refractivity contribution is 7.18. The predicted octanol–water partition coefficient (Wildman–Crippen LogP) is 2.98. The van der Waals surface area contributed by atoms with Crippen molar-refractivity contribution in [2.75, 3.05) is 0 Å². The normalized spacial score (nSPS) is 11.4. The second kappa shape index (κ2) is 3.15. The summed E-state index contributed by atoms with van der Waals surface area (Å²) in [7, 11) is 0. The van der Waals surface area contributed by atoms with Gasteiger partial charge in [-0.25, -0.2) is 4.98 Å². The Labute approximate surface area is 96.3 Å². The molecule has 3 aromatic rings. The molecule has 0 fully saturated rings. The van der Waals surface area contributed by atoms with Crippen molar-refractivity contribution in [2.24, 2.45) is 0 Å². The average Bonchev–Trinajstić information content (AvgIpc) is 2.77. The van der Waals surface area contributed by atoms with Crippen molar-refractivity contribution >= 4 is 33.6 Å². The Morgan fingerprint density at radius 1 is 1.31 bits per heavy atom. The molecule has 0 bridgehead atoms. The van der Waals surface area contributed by atoms with Crippen LogP contribution in [0.4, 0.5) is 0 Å². The highest BCUT2D eigenvalue weighted by Gasteiger charge is 2.09. The number of thiazole rings is 1. The zero-order valence-corrected chi connectivity index (χ0v) is 9.84. The molecular formula is C12H10N2OS. The standard InChI is InChI=1S/C12H10N2OS/c1-7-3-10-11(4-8(7)2)14-5-9(6-15)16-12(14)13-10/h3-6H,1-2H3. The fourth-order valence-electron chi connectivity index (χ4n) is 1.84. The molecule has 0 N–H and O–H groups in total. The van der Waals surface area contributed by atoms with Crippen LogP contribution in [0.15, 0.2) is 18.3 Å². The van der Waals surface area contributed by atoms with E-state index >= 15 is 0 Å². The molecule has 0 amide bonds. The van der Waals surface area contributed by atoms with Crippen LogP contribution in [0.5, 0.6) is 0 Å². The van der Waals surface area contributed by atoms with Crippen LogP contribution in [-0.4, -0.2) is 15.7 Å². The van der Waals surface area contributed by atoms with Crippen molar-refractivity contribution < 1.29 is 4.79 Å². The number of nitrogens with zero attached hydrogens (tertiary/aromatic N) is 2. The molecule has 0 aliphatic heterocycles. The number of benzene rings is 1. The number of rotatable bonds is 1. The van der Waals surface area contributed by atoms with Gasteiger partial charge < -0.3 is 0 Å². The van der Waals surface area contributed by atoms with Gasteiger partial charge in [0.15, 0.2) is 11.2 Å². The summed E-state index contributed by atoms with van der Waals surface area (Å²) in [4.78, 5) is 16.8. The van der Waals surface area contributed by atoms with Crippen molar-refractivity contribution in [1.29, 1.82) is 0 Å². The van der Waals surface area contributed by atoms with Gasteiger partial charge in [-0.3, -0.25) is 9.20 Å². The minimum atomic E-state index is 0.711. The third kappa shape index (κ3) is 1.20. The first-order valence-electron chi connectivity index (χ1n) is 5.03. The smallest absolute Gasteiger partial charge is 0.195 e. The van der Waals surface area contributed by atoms with Gasteiger partial charge in [-0.2, -0.15) is 0 Å². The van der Waals surface area contributed by atoms with Gasteiger partial charge in [-0.1, -0.05) is 11.3 Å². The molecule has 80 valence electrons. The average molecular weight is 230 g/mol. The molecule has 3 rings (SSSR count). The minimum absolute atomic E-state index is 0.711. The largest absolute Gasteiger partial charge is 0.297 e. The Morgan fingerprint density at radius 2 is 2.06 bits per heavy atom. The molecule has 0 aliphatic carbocycles. The van der Waals surface area contributed by atoms with E-state index in [2.05, 4.69) is 31.0 Å². The summed E-state index contributed by atoms with van der Waals surface area (Å²) in [5.74, 6) is 0. The molecule has 0 saturated heterocycles. The van der Waals surface area contributed by atoms with Gasteiger partial charge in [-0.15, -0.1) is 0 Å². The maximum Gasteiger partial charge on any atom is 0.195 e. The Morgan fingerprint density at radius 3 is 2.81 bits per heavy atom. The van der Waals surface area contributed by atoms with Crippen molar-refractivity contribution in [3.05, 3.63) is 34.3 Å². The lowest BCUT2D eigenvalue weighted by Crippen LogP contribution is -1.83. The number of hydrogen-bond donors (Lipinski definition) is 0. The molecule has 0 spiro atoms. The summed E-state index contributed by atoms with van der Waals surface area (Å²) in [5.41, 5.74) is 4.55. The number of aryl methyl sites for hydroxylation is 2. The summed E-state index contributed by atoms with van der Waals surface area (Å²) in [5, 5.41) is 0. The number of fused-ring (bicyclic) bond motifs is 3. The monoisotopic (exact) mass is 230 g/mol. The van der Waals surface area contributed by atoms with Crippen molar-refractivity contribution in [2.45, 2.75) is 13.8 Å². The van der Waals surface area contributed by atoms with Crippen LogP contribution >= 0.6 is 11.3 Å². The van der Waals surface area contributed by atoms with Gasteiger partial charge in [0.25, 0.3) is 0 Å². The van der Waals surface area contributed by atoms with E-state index in [-0.39, 0.29) is 0 Å². The Bertz CT molecular complexity index is 709. The van der Waals surface area contributed by atoms with E-state index in [0.717, 1.165) is 22.3 Å². The number of imidazole rings is 1. The predicted molar refractivity (Wildman–Crippen MR) is 65.4 cm³/mol. The van der Waals surface area contributed by atoms with Crippen molar-refractivity contribution in [1.82, 2.24) is 9.38 Å². The molecule has 4 heteroatoms. The second-order valence-electron chi connectivity index (χ2n) is 3.94. The van der Waals surface area contributed by atoms with Crippen LogP contribution in [0.3, 0.4) is 0 Å². The highest BCUT2D eigenvalue weighted by atomic mass is 32.1. The Balaban J connectivity index is 2.46. The minimum Gasteiger partial charge on any atom is -0.297 e. The number of carbonyl (C=O) groups excluding carboxylic acids is 1. The Kier molecular flexibility index (Phi) is 1.88. The topological polar surface area (TPSA) is 34.4 Å². The molecular weight excluding hydrogens is 220 g/mol. The molecule has 0 atom stereocenters. The molecule has 0 unspecified atom stereocenters. The zero-order chi connectivity index (χ0) is 11.3. The molecule has 1 aromatic carbocycles. The second-order valence-corrected chi connectivity index (χ2v) is 4.98. The van der Waals surface area contributed by atoms with Crippen LogP contribution in [-0.2, 0) is 0 Å². The third-order valence-corrected chi connectivity index (χ3v) is 3.76. The maximum absolute atomic E-state index is 10.7. The van der Waals surface area contributed by atoms with Crippen LogP contribution in [0.2, 0.25) is 0 Å².